The topological polar surface area (TPSA) is 20.2 Å². The van der Waals surface area contributed by atoms with Crippen LogP contribution in [-0.4, -0.2) is 5.11 Å². The zero-order chi connectivity index (χ0) is 19.9. The number of aliphatic hydroxyl groups is 1. The van der Waals surface area contributed by atoms with Crippen LogP contribution in [0.3, 0.4) is 0 Å². The first-order valence-corrected chi connectivity index (χ1v) is 10.4. The van der Waals surface area contributed by atoms with Crippen LogP contribution in [0, 0.1) is 0 Å². The van der Waals surface area contributed by atoms with Crippen LogP contribution in [0.1, 0.15) is 16.7 Å². The second-order valence-corrected chi connectivity index (χ2v) is 7.89. The van der Waals surface area contributed by atoms with Crippen molar-refractivity contribution >= 4 is 17.8 Å². The van der Waals surface area contributed by atoms with Crippen LogP contribution < -0.4 is 0 Å². The van der Waals surface area contributed by atoms with Crippen molar-refractivity contribution in [3.05, 3.63) is 143 Å². The highest BCUT2D eigenvalue weighted by atomic mass is 32.2. The lowest BCUT2D eigenvalue weighted by Crippen LogP contribution is -2.28. The summed E-state index contributed by atoms with van der Waals surface area (Å²) in [5, 5.41) is 12.2. The summed E-state index contributed by atoms with van der Waals surface area (Å²) < 4.78 is 0. The maximum atomic E-state index is 12.2. The van der Waals surface area contributed by atoms with Gasteiger partial charge in [0.15, 0.2) is 0 Å². The lowest BCUT2D eigenvalue weighted by atomic mass is 9.85. The molecule has 0 radical (unpaired) electrons. The highest BCUT2D eigenvalue weighted by Gasteiger charge is 2.36. The Morgan fingerprint density at radius 1 is 0.586 bits per heavy atom. The second-order valence-electron chi connectivity index (χ2n) is 6.78. The third-order valence-electron chi connectivity index (χ3n) is 4.81. The second kappa shape index (κ2) is 8.95. The molecule has 142 valence electrons. The summed E-state index contributed by atoms with van der Waals surface area (Å²) in [5.74, 6) is 0. The molecule has 4 aromatic carbocycles. The van der Waals surface area contributed by atoms with Crippen molar-refractivity contribution in [3.63, 3.8) is 0 Å². The third-order valence-corrected chi connectivity index (χ3v) is 5.95. The van der Waals surface area contributed by atoms with Gasteiger partial charge in [0.2, 0.25) is 0 Å². The monoisotopic (exact) mass is 394 g/mol. The zero-order valence-corrected chi connectivity index (χ0v) is 16.8. The normalized spacial score (nSPS) is 12.0. The summed E-state index contributed by atoms with van der Waals surface area (Å²) in [7, 11) is 0. The SMILES string of the molecule is OC(/C(=C/c1ccccc1)Sc1ccccc1)(c1ccccc1)c1ccccc1. The Morgan fingerprint density at radius 3 is 1.48 bits per heavy atom. The molecule has 0 aliphatic rings. The van der Waals surface area contributed by atoms with E-state index in [9.17, 15) is 5.11 Å². The predicted octanol–water partition coefficient (Wildman–Crippen LogP) is 6.76. The first-order chi connectivity index (χ1) is 14.3. The van der Waals surface area contributed by atoms with Crippen molar-refractivity contribution in [3.8, 4) is 0 Å². The van der Waals surface area contributed by atoms with E-state index in [2.05, 4.69) is 30.3 Å². The van der Waals surface area contributed by atoms with E-state index >= 15 is 0 Å². The van der Waals surface area contributed by atoms with Crippen LogP contribution in [0.4, 0.5) is 0 Å². The van der Waals surface area contributed by atoms with Crippen molar-refractivity contribution in [2.75, 3.05) is 0 Å². The molecular formula is C27H22OS. The van der Waals surface area contributed by atoms with Gasteiger partial charge >= 0.3 is 0 Å². The molecule has 0 heterocycles. The number of thioether (sulfide) groups is 1. The zero-order valence-electron chi connectivity index (χ0n) is 16.0. The first-order valence-electron chi connectivity index (χ1n) is 9.60. The van der Waals surface area contributed by atoms with Crippen LogP contribution in [0.15, 0.2) is 131 Å². The molecule has 0 fully saturated rings. The predicted molar refractivity (Wildman–Crippen MR) is 123 cm³/mol. The molecule has 0 saturated carbocycles. The molecule has 4 rings (SSSR count). The lowest BCUT2D eigenvalue weighted by Gasteiger charge is -2.32. The Balaban J connectivity index is 1.92. The fourth-order valence-corrected chi connectivity index (χ4v) is 4.46. The molecule has 0 spiro atoms. The highest BCUT2D eigenvalue weighted by molar-refractivity contribution is 8.03. The average Bonchev–Trinajstić information content (AvgIpc) is 2.81. The fraction of sp³-hybridized carbons (Fsp3) is 0.0370. The molecule has 0 aliphatic heterocycles. The quantitative estimate of drug-likeness (QED) is 0.365. The maximum Gasteiger partial charge on any atom is 0.146 e. The molecule has 0 bridgehead atoms. The summed E-state index contributed by atoms with van der Waals surface area (Å²) in [6.45, 7) is 0. The van der Waals surface area contributed by atoms with Crippen LogP contribution >= 0.6 is 11.8 Å². The summed E-state index contributed by atoms with van der Waals surface area (Å²) >= 11 is 1.59. The summed E-state index contributed by atoms with van der Waals surface area (Å²) in [5.41, 5.74) is 1.48. The Kier molecular flexibility index (Phi) is 5.95. The Morgan fingerprint density at radius 2 is 1.00 bits per heavy atom. The van der Waals surface area contributed by atoms with Gasteiger partial charge in [0.1, 0.15) is 5.60 Å². The molecule has 0 unspecified atom stereocenters. The van der Waals surface area contributed by atoms with Gasteiger partial charge in [-0.3, -0.25) is 0 Å². The molecule has 4 aromatic rings. The molecule has 2 heteroatoms. The molecular weight excluding hydrogens is 372 g/mol. The average molecular weight is 395 g/mol. The Labute approximate surface area is 176 Å². The number of rotatable bonds is 6. The molecule has 29 heavy (non-hydrogen) atoms. The largest absolute Gasteiger partial charge is 0.376 e. The third kappa shape index (κ3) is 4.34. The molecule has 0 amide bonds. The molecule has 0 saturated heterocycles. The minimum Gasteiger partial charge on any atom is -0.376 e. The van der Waals surface area contributed by atoms with E-state index in [1.807, 2.05) is 97.1 Å². The molecule has 1 N–H and O–H groups in total. The summed E-state index contributed by atoms with van der Waals surface area (Å²) in [6.07, 6.45) is 2.08. The number of benzene rings is 4. The minimum atomic E-state index is -1.27. The Bertz CT molecular complexity index is 1020. The van der Waals surface area contributed by atoms with Gasteiger partial charge in [-0.1, -0.05) is 121 Å². The van der Waals surface area contributed by atoms with Crippen molar-refractivity contribution in [1.29, 1.82) is 0 Å². The van der Waals surface area contributed by atoms with Crippen LogP contribution in [0.2, 0.25) is 0 Å². The van der Waals surface area contributed by atoms with Crippen molar-refractivity contribution < 1.29 is 5.11 Å². The molecule has 0 atom stereocenters. The van der Waals surface area contributed by atoms with Gasteiger partial charge in [-0.25, -0.2) is 0 Å². The highest BCUT2D eigenvalue weighted by Crippen LogP contribution is 2.45. The van der Waals surface area contributed by atoms with Gasteiger partial charge in [-0.2, -0.15) is 0 Å². The van der Waals surface area contributed by atoms with E-state index in [0.29, 0.717) is 0 Å². The van der Waals surface area contributed by atoms with Gasteiger partial charge in [0.25, 0.3) is 0 Å². The summed E-state index contributed by atoms with van der Waals surface area (Å²) in [6, 6.07) is 40.1. The molecule has 1 nitrogen and oxygen atoms in total. The van der Waals surface area contributed by atoms with E-state index in [1.54, 1.807) is 11.8 Å². The van der Waals surface area contributed by atoms with Gasteiger partial charge in [0, 0.05) is 9.80 Å². The van der Waals surface area contributed by atoms with E-state index < -0.39 is 5.60 Å². The van der Waals surface area contributed by atoms with E-state index in [4.69, 9.17) is 0 Å². The van der Waals surface area contributed by atoms with Gasteiger partial charge in [-0.15, -0.1) is 0 Å². The molecule has 0 aliphatic carbocycles. The van der Waals surface area contributed by atoms with Crippen LogP contribution in [0.5, 0.6) is 0 Å². The minimum absolute atomic E-state index is 0.844. The van der Waals surface area contributed by atoms with Crippen molar-refractivity contribution in [2.45, 2.75) is 10.5 Å². The lowest BCUT2D eigenvalue weighted by molar-refractivity contribution is 0.131. The smallest absolute Gasteiger partial charge is 0.146 e. The van der Waals surface area contributed by atoms with Gasteiger partial charge in [0.05, 0.1) is 0 Å². The maximum absolute atomic E-state index is 12.2. The fourth-order valence-electron chi connectivity index (χ4n) is 3.33. The Hall–Kier alpha value is -3.07. The van der Waals surface area contributed by atoms with Crippen LogP contribution in [-0.2, 0) is 5.60 Å². The van der Waals surface area contributed by atoms with Crippen molar-refractivity contribution in [2.24, 2.45) is 0 Å². The van der Waals surface area contributed by atoms with E-state index in [-0.39, 0.29) is 0 Å². The van der Waals surface area contributed by atoms with E-state index in [1.165, 1.54) is 0 Å². The van der Waals surface area contributed by atoms with Gasteiger partial charge in [-0.05, 0) is 34.9 Å². The van der Waals surface area contributed by atoms with Crippen LogP contribution in [0.25, 0.3) is 6.08 Å². The standard InChI is InChI=1S/C27H22OS/c28-27(23-15-7-2-8-16-23,24-17-9-3-10-18-24)26(21-22-13-5-1-6-14-22)29-25-19-11-4-12-20-25/h1-21,28H/b26-21-. The van der Waals surface area contributed by atoms with Gasteiger partial charge < -0.3 is 5.11 Å². The molecule has 0 aromatic heterocycles. The number of hydrogen-bond acceptors (Lipinski definition) is 2. The first kappa shape index (κ1) is 19.3. The number of hydrogen-bond donors (Lipinski definition) is 1. The van der Waals surface area contributed by atoms with E-state index in [0.717, 1.165) is 26.5 Å². The van der Waals surface area contributed by atoms with Crippen molar-refractivity contribution in [1.82, 2.24) is 0 Å². The summed E-state index contributed by atoms with van der Waals surface area (Å²) in [4.78, 5) is 1.94.